The molecule has 45 heavy (non-hydrogen) atoms. The molecule has 2 rings (SSSR count). The summed E-state index contributed by atoms with van der Waals surface area (Å²) in [5, 5.41) is 5.66. The average Bonchev–Trinajstić information content (AvgIpc) is 3.32. The Bertz CT molecular complexity index is 995. The van der Waals surface area contributed by atoms with E-state index in [1.165, 1.54) is 81.7 Å². The molecular formula is C34H57N5O6. The number of carbonyl (C=O) groups is 4. The Balaban J connectivity index is 1.56. The van der Waals surface area contributed by atoms with Gasteiger partial charge in [-0.1, -0.05) is 90.4 Å². The smallest absolute Gasteiger partial charge is 0.407 e. The summed E-state index contributed by atoms with van der Waals surface area (Å²) in [5.41, 5.74) is 0.426. The lowest BCUT2D eigenvalue weighted by Crippen LogP contribution is -2.43. The van der Waals surface area contributed by atoms with E-state index in [1.807, 2.05) is 6.92 Å². The van der Waals surface area contributed by atoms with Gasteiger partial charge in [-0.3, -0.25) is 19.5 Å². The van der Waals surface area contributed by atoms with Crippen molar-refractivity contribution in [1.29, 1.82) is 0 Å². The molecule has 0 radical (unpaired) electrons. The third-order valence-corrected chi connectivity index (χ3v) is 8.34. The number of nitrogens with one attached hydrogen (secondary N) is 2. The Kier molecular flexibility index (Phi) is 19.6. The number of aromatic nitrogens is 1. The van der Waals surface area contributed by atoms with Gasteiger partial charge < -0.3 is 25.0 Å². The van der Waals surface area contributed by atoms with Gasteiger partial charge in [-0.05, 0) is 31.9 Å². The van der Waals surface area contributed by atoms with Crippen LogP contribution in [0.25, 0.3) is 0 Å². The predicted octanol–water partition coefficient (Wildman–Crippen LogP) is 6.08. The Morgan fingerprint density at radius 1 is 0.933 bits per heavy atom. The van der Waals surface area contributed by atoms with Gasteiger partial charge in [0.05, 0.1) is 24.3 Å². The molecule has 2 unspecified atom stereocenters. The molecule has 0 saturated carbocycles. The van der Waals surface area contributed by atoms with E-state index in [4.69, 9.17) is 9.47 Å². The van der Waals surface area contributed by atoms with Crippen molar-refractivity contribution in [2.45, 2.75) is 122 Å². The molecule has 11 heteroatoms. The molecule has 1 aromatic heterocycles. The predicted molar refractivity (Wildman–Crippen MR) is 175 cm³/mol. The van der Waals surface area contributed by atoms with Crippen molar-refractivity contribution in [3.8, 4) is 0 Å². The van der Waals surface area contributed by atoms with Crippen molar-refractivity contribution < 1.29 is 28.7 Å². The molecule has 0 aromatic carbocycles. The number of carbonyl (C=O) groups excluding carboxylic acids is 4. The van der Waals surface area contributed by atoms with E-state index in [1.54, 1.807) is 25.4 Å². The van der Waals surface area contributed by atoms with Gasteiger partial charge in [0.25, 0.3) is 5.91 Å². The summed E-state index contributed by atoms with van der Waals surface area (Å²) in [6.07, 6.45) is 20.3. The summed E-state index contributed by atoms with van der Waals surface area (Å²) < 4.78 is 10.8. The maximum absolute atomic E-state index is 12.7. The molecule has 5 amide bonds. The van der Waals surface area contributed by atoms with Crippen molar-refractivity contribution in [3.05, 3.63) is 30.1 Å². The quantitative estimate of drug-likeness (QED) is 0.0989. The number of methoxy groups -OCH3 is 1. The third kappa shape index (κ3) is 15.6. The van der Waals surface area contributed by atoms with Crippen LogP contribution in [0.2, 0.25) is 0 Å². The zero-order valence-corrected chi connectivity index (χ0v) is 27.9. The number of hydrogen-bond donors (Lipinski definition) is 2. The summed E-state index contributed by atoms with van der Waals surface area (Å²) in [6.45, 7) is 4.81. The Hall–Kier alpha value is -3.21. The second kappa shape index (κ2) is 23.2. The van der Waals surface area contributed by atoms with Gasteiger partial charge in [-0.2, -0.15) is 0 Å². The number of imide groups is 1. The van der Waals surface area contributed by atoms with Crippen LogP contribution < -0.4 is 10.6 Å². The first-order chi connectivity index (χ1) is 21.9. The van der Waals surface area contributed by atoms with E-state index in [0.29, 0.717) is 12.0 Å². The molecular weight excluding hydrogens is 574 g/mol. The fourth-order valence-electron chi connectivity index (χ4n) is 5.44. The van der Waals surface area contributed by atoms with Crippen molar-refractivity contribution in [1.82, 2.24) is 25.4 Å². The summed E-state index contributed by atoms with van der Waals surface area (Å²) in [6, 6.07) is 2.76. The second-order valence-electron chi connectivity index (χ2n) is 12.0. The van der Waals surface area contributed by atoms with E-state index in [2.05, 4.69) is 22.5 Å². The maximum Gasteiger partial charge on any atom is 0.407 e. The highest BCUT2D eigenvalue weighted by atomic mass is 16.5. The van der Waals surface area contributed by atoms with Crippen molar-refractivity contribution in [2.24, 2.45) is 0 Å². The lowest BCUT2D eigenvalue weighted by Gasteiger charge is -2.24. The molecule has 0 bridgehead atoms. The van der Waals surface area contributed by atoms with E-state index in [9.17, 15) is 19.2 Å². The number of nitrogens with zero attached hydrogens (tertiary/aromatic N) is 3. The van der Waals surface area contributed by atoms with Gasteiger partial charge in [0, 0.05) is 39.1 Å². The number of alkyl carbamates (subject to hydrolysis) is 1. The van der Waals surface area contributed by atoms with Crippen LogP contribution in [-0.2, 0) is 14.3 Å². The largest absolute Gasteiger partial charge is 0.449 e. The first-order valence-electron chi connectivity index (χ1n) is 17.1. The topological polar surface area (TPSA) is 130 Å². The minimum atomic E-state index is -0.524. The van der Waals surface area contributed by atoms with Crippen LogP contribution in [0.5, 0.6) is 0 Å². The van der Waals surface area contributed by atoms with Gasteiger partial charge in [0.1, 0.15) is 6.54 Å². The number of pyridine rings is 1. The Labute approximate surface area is 270 Å². The van der Waals surface area contributed by atoms with E-state index < -0.39 is 12.1 Å². The highest BCUT2D eigenvalue weighted by Crippen LogP contribution is 2.15. The molecule has 0 aliphatic carbocycles. The van der Waals surface area contributed by atoms with E-state index in [-0.39, 0.29) is 56.7 Å². The van der Waals surface area contributed by atoms with E-state index in [0.717, 1.165) is 24.2 Å². The first-order valence-corrected chi connectivity index (χ1v) is 17.1. The van der Waals surface area contributed by atoms with Crippen LogP contribution in [-0.4, -0.2) is 90.8 Å². The number of hydrogen-bond acceptors (Lipinski definition) is 7. The van der Waals surface area contributed by atoms with Crippen LogP contribution in [0, 0.1) is 0 Å². The molecule has 1 saturated heterocycles. The van der Waals surface area contributed by atoms with Crippen LogP contribution in [0.3, 0.4) is 0 Å². The van der Waals surface area contributed by atoms with Crippen LogP contribution >= 0.6 is 0 Å². The van der Waals surface area contributed by atoms with Crippen molar-refractivity contribution in [2.75, 3.05) is 39.9 Å². The maximum atomic E-state index is 12.7. The summed E-state index contributed by atoms with van der Waals surface area (Å²) in [7, 11) is 1.64. The van der Waals surface area contributed by atoms with Gasteiger partial charge in [0.15, 0.2) is 0 Å². The van der Waals surface area contributed by atoms with Crippen LogP contribution in [0.4, 0.5) is 9.59 Å². The minimum absolute atomic E-state index is 0.0429. The van der Waals surface area contributed by atoms with Crippen molar-refractivity contribution >= 4 is 23.9 Å². The van der Waals surface area contributed by atoms with Crippen LogP contribution in [0.15, 0.2) is 24.5 Å². The van der Waals surface area contributed by atoms with Gasteiger partial charge in [0.2, 0.25) is 5.91 Å². The number of urea groups is 1. The average molecular weight is 632 g/mol. The fourth-order valence-corrected chi connectivity index (χ4v) is 5.44. The summed E-state index contributed by atoms with van der Waals surface area (Å²) in [5.74, 6) is -0.602. The fraction of sp³-hybridized carbons (Fsp3) is 0.735. The normalized spacial score (nSPS) is 14.5. The molecule has 0 spiro atoms. The molecule has 2 atom stereocenters. The third-order valence-electron chi connectivity index (χ3n) is 8.34. The monoisotopic (exact) mass is 631 g/mol. The van der Waals surface area contributed by atoms with E-state index >= 15 is 0 Å². The number of ether oxygens (including phenoxy) is 2. The zero-order valence-electron chi connectivity index (χ0n) is 27.9. The molecule has 1 aliphatic heterocycles. The molecule has 2 heterocycles. The standard InChI is InChI=1S/C34H57N5O6/c1-4-5-6-7-8-9-10-11-12-13-14-15-16-20-30(28(2)44-3)37-33(42)45-25-18-23-39-31(40)27-38(34(39)43)24-22-36-32(41)29-19-17-21-35-26-29/h17,19,21,26,28,30H,4-16,18,20,22-25,27H2,1-3H3,(H,36,41)(H,37,42). The molecule has 1 aliphatic rings. The summed E-state index contributed by atoms with van der Waals surface area (Å²) in [4.78, 5) is 56.2. The molecule has 254 valence electrons. The lowest BCUT2D eigenvalue weighted by atomic mass is 10.0. The highest BCUT2D eigenvalue weighted by molar-refractivity contribution is 6.02. The molecule has 1 fully saturated rings. The zero-order chi connectivity index (χ0) is 32.7. The highest BCUT2D eigenvalue weighted by Gasteiger charge is 2.35. The lowest BCUT2D eigenvalue weighted by molar-refractivity contribution is -0.125. The SMILES string of the molecule is CCCCCCCCCCCCCCCC(NC(=O)OCCCN1C(=O)CN(CCNC(=O)c2cccnc2)C1=O)C(C)OC. The number of rotatable bonds is 25. The van der Waals surface area contributed by atoms with Gasteiger partial charge >= 0.3 is 12.1 Å². The Morgan fingerprint density at radius 3 is 2.18 bits per heavy atom. The van der Waals surface area contributed by atoms with Gasteiger partial charge in [-0.25, -0.2) is 9.59 Å². The summed E-state index contributed by atoms with van der Waals surface area (Å²) >= 11 is 0. The number of amides is 5. The van der Waals surface area contributed by atoms with Gasteiger partial charge in [-0.15, -0.1) is 0 Å². The molecule has 2 N–H and O–H groups in total. The van der Waals surface area contributed by atoms with Crippen LogP contribution in [0.1, 0.15) is 121 Å². The first kappa shape index (κ1) is 38.0. The van der Waals surface area contributed by atoms with Crippen molar-refractivity contribution in [3.63, 3.8) is 0 Å². The second-order valence-corrected chi connectivity index (χ2v) is 12.0. The molecule has 11 nitrogen and oxygen atoms in total. The Morgan fingerprint density at radius 2 is 1.58 bits per heavy atom. The number of unbranched alkanes of at least 4 members (excludes halogenated alkanes) is 12. The minimum Gasteiger partial charge on any atom is -0.449 e. The molecule has 1 aromatic rings.